The van der Waals surface area contributed by atoms with E-state index in [0.717, 1.165) is 12.1 Å². The van der Waals surface area contributed by atoms with Crippen LogP contribution in [0.25, 0.3) is 0 Å². The summed E-state index contributed by atoms with van der Waals surface area (Å²) in [5.41, 5.74) is 0.419. The summed E-state index contributed by atoms with van der Waals surface area (Å²) in [6.45, 7) is -0.676. The van der Waals surface area contributed by atoms with Gasteiger partial charge in [-0.15, -0.1) is 0 Å². The predicted molar refractivity (Wildman–Crippen MR) is 61.4 cm³/mol. The molecule has 1 aromatic carbocycles. The molecule has 0 atom stereocenters. The Hall–Kier alpha value is -2.26. The van der Waals surface area contributed by atoms with E-state index in [-0.39, 0.29) is 24.3 Å². The molecule has 0 radical (unpaired) electrons. The minimum Gasteiger partial charge on any atom is -0.326 e. The Labute approximate surface area is 119 Å². The first-order valence-electron chi connectivity index (χ1n) is 5.84. The van der Waals surface area contributed by atoms with Crippen molar-refractivity contribution in [1.82, 2.24) is 4.90 Å². The molecule has 0 saturated heterocycles. The number of fused-ring (bicyclic) bond motifs is 1. The van der Waals surface area contributed by atoms with Crippen LogP contribution in [-0.4, -0.2) is 29.1 Å². The van der Waals surface area contributed by atoms with Crippen LogP contribution in [-0.2, 0) is 22.7 Å². The van der Waals surface area contributed by atoms with E-state index in [1.165, 1.54) is 6.07 Å². The number of carbonyl (C=O) groups is 2. The van der Waals surface area contributed by atoms with E-state index in [0.29, 0.717) is 10.5 Å². The zero-order chi connectivity index (χ0) is 16.7. The summed E-state index contributed by atoms with van der Waals surface area (Å²) in [6.07, 6.45) is -10.1. The van der Waals surface area contributed by atoms with Crippen molar-refractivity contribution in [3.05, 3.63) is 29.3 Å². The van der Waals surface area contributed by atoms with E-state index >= 15 is 0 Å². The number of alkyl halides is 6. The van der Waals surface area contributed by atoms with Crippen LogP contribution in [0.1, 0.15) is 11.1 Å². The van der Waals surface area contributed by atoms with Gasteiger partial charge in [-0.25, -0.2) is 0 Å². The second kappa shape index (κ2) is 5.18. The Morgan fingerprint density at radius 1 is 0.955 bits per heavy atom. The van der Waals surface area contributed by atoms with Gasteiger partial charge in [0, 0.05) is 18.8 Å². The van der Waals surface area contributed by atoms with Crippen LogP contribution in [0.3, 0.4) is 0 Å². The van der Waals surface area contributed by atoms with Crippen molar-refractivity contribution in [1.29, 1.82) is 0 Å². The molecule has 0 saturated carbocycles. The molecule has 0 unspecified atom stereocenters. The number of rotatable bonds is 1. The van der Waals surface area contributed by atoms with E-state index < -0.39 is 24.2 Å². The van der Waals surface area contributed by atoms with E-state index in [1.54, 1.807) is 5.32 Å². The van der Waals surface area contributed by atoms with Gasteiger partial charge in [0.05, 0.1) is 0 Å². The van der Waals surface area contributed by atoms with Crippen LogP contribution >= 0.6 is 0 Å². The normalized spacial score (nSPS) is 14.7. The number of nitrogens with zero attached hydrogens (tertiary/aromatic N) is 1. The lowest BCUT2D eigenvalue weighted by Gasteiger charge is -2.16. The average molecular weight is 326 g/mol. The lowest BCUT2D eigenvalue weighted by molar-refractivity contribution is -0.186. The highest BCUT2D eigenvalue weighted by Crippen LogP contribution is 2.30. The van der Waals surface area contributed by atoms with Gasteiger partial charge in [-0.05, 0) is 23.3 Å². The first-order chi connectivity index (χ1) is 9.98. The molecule has 0 fully saturated rings. The van der Waals surface area contributed by atoms with Crippen LogP contribution in [0.4, 0.5) is 32.0 Å². The monoisotopic (exact) mass is 326 g/mol. The van der Waals surface area contributed by atoms with Gasteiger partial charge in [0.2, 0.25) is 0 Å². The van der Waals surface area contributed by atoms with Gasteiger partial charge in [0.1, 0.15) is 0 Å². The molecule has 1 heterocycles. The third kappa shape index (κ3) is 3.31. The van der Waals surface area contributed by atoms with Crippen molar-refractivity contribution in [2.75, 3.05) is 5.32 Å². The summed E-state index contributed by atoms with van der Waals surface area (Å²) < 4.78 is 73.4. The van der Waals surface area contributed by atoms with Crippen molar-refractivity contribution < 1.29 is 35.9 Å². The molecule has 0 bridgehead atoms. The van der Waals surface area contributed by atoms with Crippen molar-refractivity contribution >= 4 is 17.5 Å². The number of hydrogen-bond donors (Lipinski definition) is 1. The van der Waals surface area contributed by atoms with E-state index in [9.17, 15) is 35.9 Å². The Kier molecular flexibility index (Phi) is 3.80. The minimum atomic E-state index is -5.07. The third-order valence-corrected chi connectivity index (χ3v) is 2.97. The lowest BCUT2D eigenvalue weighted by atomic mass is 10.1. The van der Waals surface area contributed by atoms with Gasteiger partial charge < -0.3 is 10.2 Å². The van der Waals surface area contributed by atoms with Gasteiger partial charge in [-0.2, -0.15) is 26.3 Å². The molecule has 4 nitrogen and oxygen atoms in total. The highest BCUT2D eigenvalue weighted by Gasteiger charge is 2.44. The SMILES string of the molecule is O=C(Nc1ccc2c(c1)CN(C(=O)C(F)(F)F)C2)C(F)(F)F. The van der Waals surface area contributed by atoms with E-state index in [2.05, 4.69) is 0 Å². The maximum Gasteiger partial charge on any atom is 0.471 e. The number of benzene rings is 1. The number of anilines is 1. The fraction of sp³-hybridized carbons (Fsp3) is 0.333. The van der Waals surface area contributed by atoms with Crippen LogP contribution in [0.2, 0.25) is 0 Å². The van der Waals surface area contributed by atoms with Crippen molar-refractivity contribution in [3.8, 4) is 0 Å². The highest BCUT2D eigenvalue weighted by atomic mass is 19.4. The summed E-state index contributed by atoms with van der Waals surface area (Å²) in [5, 5.41) is 1.60. The van der Waals surface area contributed by atoms with Crippen molar-refractivity contribution in [3.63, 3.8) is 0 Å². The molecule has 10 heteroatoms. The number of amides is 2. The molecule has 1 N–H and O–H groups in total. The quantitative estimate of drug-likeness (QED) is 0.807. The van der Waals surface area contributed by atoms with Crippen LogP contribution < -0.4 is 5.32 Å². The van der Waals surface area contributed by atoms with Crippen molar-refractivity contribution in [2.45, 2.75) is 25.4 Å². The molecule has 2 amide bonds. The Morgan fingerprint density at radius 2 is 1.55 bits per heavy atom. The number of halogens is 6. The van der Waals surface area contributed by atoms with Crippen LogP contribution in [0.15, 0.2) is 18.2 Å². The molecule has 22 heavy (non-hydrogen) atoms. The topological polar surface area (TPSA) is 49.4 Å². The molecule has 120 valence electrons. The zero-order valence-corrected chi connectivity index (χ0v) is 10.7. The molecule has 2 rings (SSSR count). The predicted octanol–water partition coefficient (Wildman–Crippen LogP) is 2.59. The second-order valence-corrected chi connectivity index (χ2v) is 4.59. The molecule has 0 aliphatic carbocycles. The fourth-order valence-electron chi connectivity index (χ4n) is 2.00. The standard InChI is InChI=1S/C12H8F6N2O2/c13-11(14,15)9(21)19-8-2-1-6-4-20(5-7(6)3-8)10(22)12(16,17)18/h1-3H,4-5H2,(H,19,21). The smallest absolute Gasteiger partial charge is 0.326 e. The van der Waals surface area contributed by atoms with Gasteiger partial charge in [0.15, 0.2) is 0 Å². The van der Waals surface area contributed by atoms with Gasteiger partial charge >= 0.3 is 24.2 Å². The first-order valence-corrected chi connectivity index (χ1v) is 5.84. The summed E-state index contributed by atoms with van der Waals surface area (Å²) in [7, 11) is 0. The number of nitrogens with one attached hydrogen (secondary N) is 1. The number of carbonyl (C=O) groups excluding carboxylic acids is 2. The molecule has 0 aromatic heterocycles. The van der Waals surface area contributed by atoms with Crippen molar-refractivity contribution in [2.24, 2.45) is 0 Å². The fourth-order valence-corrected chi connectivity index (χ4v) is 2.00. The van der Waals surface area contributed by atoms with E-state index in [4.69, 9.17) is 0 Å². The Bertz CT molecular complexity index is 623. The molecular weight excluding hydrogens is 318 g/mol. The maximum absolute atomic E-state index is 12.3. The van der Waals surface area contributed by atoms with Gasteiger partial charge in [-0.1, -0.05) is 6.07 Å². The Balaban J connectivity index is 2.13. The largest absolute Gasteiger partial charge is 0.471 e. The highest BCUT2D eigenvalue weighted by molar-refractivity contribution is 5.95. The van der Waals surface area contributed by atoms with Gasteiger partial charge in [0.25, 0.3) is 0 Å². The van der Waals surface area contributed by atoms with Crippen LogP contribution in [0.5, 0.6) is 0 Å². The maximum atomic E-state index is 12.3. The number of hydrogen-bond acceptors (Lipinski definition) is 2. The summed E-state index contributed by atoms with van der Waals surface area (Å²) >= 11 is 0. The van der Waals surface area contributed by atoms with E-state index in [1.807, 2.05) is 0 Å². The van der Waals surface area contributed by atoms with Crippen LogP contribution in [0, 0.1) is 0 Å². The average Bonchev–Trinajstić information content (AvgIpc) is 2.78. The first kappa shape index (κ1) is 16.1. The van der Waals surface area contributed by atoms with Gasteiger partial charge in [-0.3, -0.25) is 9.59 Å². The lowest BCUT2D eigenvalue weighted by Crippen LogP contribution is -2.37. The Morgan fingerprint density at radius 3 is 2.09 bits per heavy atom. The minimum absolute atomic E-state index is 0.206. The molecule has 1 aromatic rings. The summed E-state index contributed by atoms with van der Waals surface area (Å²) in [4.78, 5) is 22.4. The second-order valence-electron chi connectivity index (χ2n) is 4.59. The summed E-state index contributed by atoms with van der Waals surface area (Å²) in [5.74, 6) is -4.21. The molecule has 1 aliphatic rings. The zero-order valence-electron chi connectivity index (χ0n) is 10.7. The molecule has 0 spiro atoms. The molecule has 1 aliphatic heterocycles. The third-order valence-electron chi connectivity index (χ3n) is 2.97. The molecular formula is C12H8F6N2O2. The summed E-state index contributed by atoms with van der Waals surface area (Å²) in [6, 6.07) is 3.51.